The van der Waals surface area contributed by atoms with Crippen LogP contribution in [0.4, 0.5) is 17.6 Å². The molecule has 1 atom stereocenters. The first-order valence-corrected chi connectivity index (χ1v) is 8.83. The van der Waals surface area contributed by atoms with E-state index in [9.17, 15) is 0 Å². The van der Waals surface area contributed by atoms with Crippen LogP contribution in [0.3, 0.4) is 0 Å². The van der Waals surface area contributed by atoms with Crippen LogP contribution < -0.4 is 20.5 Å². The minimum Gasteiger partial charge on any atom is -0.493 e. The summed E-state index contributed by atoms with van der Waals surface area (Å²) < 4.78 is 10.5. The van der Waals surface area contributed by atoms with E-state index in [1.165, 1.54) is 0 Å². The lowest BCUT2D eigenvalue weighted by atomic mass is 10.2. The van der Waals surface area contributed by atoms with E-state index in [2.05, 4.69) is 25.4 Å². The number of ether oxygens (including phenoxy) is 2. The molecule has 0 bridgehead atoms. The Bertz CT molecular complexity index is 981. The molecule has 2 aromatic carbocycles. The number of oxime groups is 1. The molecule has 3 aromatic rings. The molecule has 3 rings (SSSR count). The van der Waals surface area contributed by atoms with Crippen molar-refractivity contribution in [1.29, 1.82) is 0 Å². The van der Waals surface area contributed by atoms with Crippen molar-refractivity contribution in [3.8, 4) is 11.5 Å². The lowest BCUT2D eigenvalue weighted by Crippen LogP contribution is -2.10. The molecule has 0 fully saturated rings. The third-order valence-corrected chi connectivity index (χ3v) is 3.89. The number of benzene rings is 2. The largest absolute Gasteiger partial charge is 0.493 e. The van der Waals surface area contributed by atoms with Crippen molar-refractivity contribution < 1.29 is 14.3 Å². The molecule has 0 spiro atoms. The van der Waals surface area contributed by atoms with Crippen molar-refractivity contribution in [1.82, 2.24) is 15.0 Å². The van der Waals surface area contributed by atoms with Gasteiger partial charge >= 0.3 is 0 Å². The summed E-state index contributed by atoms with van der Waals surface area (Å²) >= 11 is 0. The highest BCUT2D eigenvalue weighted by Gasteiger charge is 2.13. The van der Waals surface area contributed by atoms with Gasteiger partial charge in [-0.1, -0.05) is 23.4 Å². The summed E-state index contributed by atoms with van der Waals surface area (Å²) in [4.78, 5) is 18.1. The Morgan fingerprint density at radius 1 is 1.00 bits per heavy atom. The fourth-order valence-corrected chi connectivity index (χ4v) is 2.46. The van der Waals surface area contributed by atoms with E-state index in [1.54, 1.807) is 39.5 Å². The van der Waals surface area contributed by atoms with Crippen LogP contribution in [0.25, 0.3) is 0 Å². The number of aromatic nitrogens is 3. The molecule has 0 aliphatic heterocycles. The van der Waals surface area contributed by atoms with Crippen LogP contribution in [0.15, 0.2) is 53.7 Å². The molecule has 0 amide bonds. The Morgan fingerprint density at radius 3 is 2.48 bits per heavy atom. The van der Waals surface area contributed by atoms with Crippen molar-refractivity contribution in [3.05, 3.63) is 59.9 Å². The molecule has 0 radical (unpaired) electrons. The first-order valence-electron chi connectivity index (χ1n) is 8.83. The number of nitrogens with zero attached hydrogens (tertiary/aromatic N) is 4. The normalized spacial score (nSPS) is 11.8. The number of rotatable bonds is 8. The molecule has 29 heavy (non-hydrogen) atoms. The highest BCUT2D eigenvalue weighted by Crippen LogP contribution is 2.27. The van der Waals surface area contributed by atoms with Gasteiger partial charge in [-0.15, -0.1) is 0 Å². The van der Waals surface area contributed by atoms with Gasteiger partial charge in [0.1, 0.15) is 0 Å². The zero-order valence-electron chi connectivity index (χ0n) is 16.4. The van der Waals surface area contributed by atoms with E-state index in [-0.39, 0.29) is 5.95 Å². The average molecular weight is 394 g/mol. The highest BCUT2D eigenvalue weighted by molar-refractivity contribution is 5.80. The highest BCUT2D eigenvalue weighted by atomic mass is 16.6. The van der Waals surface area contributed by atoms with E-state index in [4.69, 9.17) is 20.0 Å². The van der Waals surface area contributed by atoms with Gasteiger partial charge in [0.05, 0.1) is 20.4 Å². The maximum atomic E-state index is 5.81. The van der Waals surface area contributed by atoms with Crippen LogP contribution in [-0.2, 0) is 4.84 Å². The summed E-state index contributed by atoms with van der Waals surface area (Å²) in [5.41, 5.74) is 7.43. The van der Waals surface area contributed by atoms with Gasteiger partial charge in [0, 0.05) is 11.3 Å². The molecule has 9 nitrogen and oxygen atoms in total. The van der Waals surface area contributed by atoms with Crippen molar-refractivity contribution >= 4 is 23.8 Å². The number of nitrogen functional groups attached to an aromatic ring is 1. The Hall–Kier alpha value is -3.88. The first-order chi connectivity index (χ1) is 14.1. The summed E-state index contributed by atoms with van der Waals surface area (Å²) in [6, 6.07) is 14.9. The van der Waals surface area contributed by atoms with Gasteiger partial charge in [0.2, 0.25) is 11.9 Å². The van der Waals surface area contributed by atoms with E-state index < -0.39 is 6.10 Å². The molecule has 1 unspecified atom stereocenters. The van der Waals surface area contributed by atoms with Crippen LogP contribution in [0, 0.1) is 0 Å². The molecular formula is C20H22N6O3. The molecular weight excluding hydrogens is 372 g/mol. The third kappa shape index (κ3) is 5.32. The second-order valence-electron chi connectivity index (χ2n) is 5.96. The van der Waals surface area contributed by atoms with Crippen molar-refractivity contribution in [2.24, 2.45) is 5.16 Å². The number of para-hydroxylation sites is 1. The molecule has 1 aromatic heterocycles. The van der Waals surface area contributed by atoms with Crippen LogP contribution in [0.1, 0.15) is 24.4 Å². The van der Waals surface area contributed by atoms with Gasteiger partial charge in [-0.2, -0.15) is 15.0 Å². The van der Waals surface area contributed by atoms with E-state index >= 15 is 0 Å². The number of methoxy groups -OCH3 is 2. The maximum Gasteiger partial charge on any atom is 0.232 e. The Balaban J connectivity index is 1.69. The maximum absolute atomic E-state index is 5.81. The molecule has 1 heterocycles. The summed E-state index contributed by atoms with van der Waals surface area (Å²) in [6.07, 6.45) is 1.03. The fourth-order valence-electron chi connectivity index (χ4n) is 2.46. The number of nitrogens with two attached hydrogens (primary N) is 1. The quantitative estimate of drug-likeness (QED) is 0.441. The number of hydrogen-bond donors (Lipinski definition) is 2. The van der Waals surface area contributed by atoms with Crippen LogP contribution in [-0.4, -0.2) is 35.4 Å². The lowest BCUT2D eigenvalue weighted by molar-refractivity contribution is 0.0673. The van der Waals surface area contributed by atoms with E-state index in [0.29, 0.717) is 23.3 Å². The molecule has 3 N–H and O–H groups in total. The zero-order valence-corrected chi connectivity index (χ0v) is 16.4. The van der Waals surface area contributed by atoms with Gasteiger partial charge in [0.15, 0.2) is 23.4 Å². The van der Waals surface area contributed by atoms with Crippen molar-refractivity contribution in [2.45, 2.75) is 13.0 Å². The fraction of sp³-hybridized carbons (Fsp3) is 0.200. The van der Waals surface area contributed by atoms with Gasteiger partial charge in [-0.05, 0) is 37.3 Å². The minimum absolute atomic E-state index is 0.0905. The molecule has 150 valence electrons. The zero-order chi connectivity index (χ0) is 20.6. The van der Waals surface area contributed by atoms with Crippen molar-refractivity contribution in [3.63, 3.8) is 0 Å². The molecule has 0 aliphatic carbocycles. The van der Waals surface area contributed by atoms with Gasteiger partial charge in [0.25, 0.3) is 0 Å². The van der Waals surface area contributed by atoms with Crippen LogP contribution in [0.5, 0.6) is 11.5 Å². The summed E-state index contributed by atoms with van der Waals surface area (Å²) in [5, 5.41) is 7.09. The number of nitrogens with one attached hydrogen (secondary N) is 1. The van der Waals surface area contributed by atoms with Gasteiger partial charge in [-0.3, -0.25) is 0 Å². The van der Waals surface area contributed by atoms with Crippen LogP contribution >= 0.6 is 0 Å². The van der Waals surface area contributed by atoms with E-state index in [1.807, 2.05) is 36.4 Å². The minimum atomic E-state index is -0.534. The predicted molar refractivity (Wildman–Crippen MR) is 111 cm³/mol. The third-order valence-electron chi connectivity index (χ3n) is 3.89. The molecule has 9 heteroatoms. The summed E-state index contributed by atoms with van der Waals surface area (Å²) in [7, 11) is 3.15. The van der Waals surface area contributed by atoms with Gasteiger partial charge < -0.3 is 25.4 Å². The predicted octanol–water partition coefficient (Wildman–Crippen LogP) is 3.33. The van der Waals surface area contributed by atoms with Crippen LogP contribution in [0.2, 0.25) is 0 Å². The SMILES string of the molecule is COc1ccc(/C=N/OC(C)c2nc(N)nc(Nc3ccccc3)n2)cc1OC. The summed E-state index contributed by atoms with van der Waals surface area (Å²) in [6.45, 7) is 1.77. The monoisotopic (exact) mass is 394 g/mol. The Morgan fingerprint density at radius 2 is 1.76 bits per heavy atom. The molecule has 0 aliphatic rings. The van der Waals surface area contributed by atoms with E-state index in [0.717, 1.165) is 11.3 Å². The second-order valence-corrected chi connectivity index (χ2v) is 5.96. The Labute approximate surface area is 168 Å². The Kier molecular flexibility index (Phi) is 6.41. The summed E-state index contributed by atoms with van der Waals surface area (Å²) in [5.74, 6) is 2.02. The number of hydrogen-bond acceptors (Lipinski definition) is 9. The standard InChI is InChI=1S/C20H22N6O3/c1-13(29-22-12-14-9-10-16(27-2)17(11-14)28-3)18-24-19(21)26-20(25-18)23-15-7-5-4-6-8-15/h4-13H,1-3H3,(H3,21,23,24,25,26)/b22-12+. The van der Waals surface area contributed by atoms with Gasteiger partial charge in [-0.25, -0.2) is 0 Å². The lowest BCUT2D eigenvalue weighted by Gasteiger charge is -2.11. The molecule has 0 saturated heterocycles. The molecule has 0 saturated carbocycles. The smallest absolute Gasteiger partial charge is 0.232 e. The number of anilines is 3. The average Bonchev–Trinajstić information content (AvgIpc) is 2.73. The van der Waals surface area contributed by atoms with Crippen molar-refractivity contribution in [2.75, 3.05) is 25.3 Å². The first kappa shape index (κ1) is 19.9. The second kappa shape index (κ2) is 9.36. The topological polar surface area (TPSA) is 117 Å².